The van der Waals surface area contributed by atoms with E-state index in [1.165, 1.54) is 16.7 Å². The number of aromatic hydroxyl groups is 1. The zero-order valence-electron chi connectivity index (χ0n) is 16.7. The predicted octanol–water partition coefficient (Wildman–Crippen LogP) is 2.54. The van der Waals surface area contributed by atoms with Gasteiger partial charge in [-0.05, 0) is 19.1 Å². The second-order valence-electron chi connectivity index (χ2n) is 7.08. The minimum atomic E-state index is -0.836. The number of aromatic nitrogens is 5. The number of nitrogens with two attached hydrogens (primary N) is 1. The minimum absolute atomic E-state index is 0.000441. The van der Waals surface area contributed by atoms with Crippen LogP contribution in [0.1, 0.15) is 16.2 Å². The van der Waals surface area contributed by atoms with Gasteiger partial charge in [0, 0.05) is 11.1 Å². The topological polar surface area (TPSA) is 153 Å². The van der Waals surface area contributed by atoms with E-state index in [0.717, 1.165) is 5.56 Å². The highest BCUT2D eigenvalue weighted by atomic mass is 16.5. The van der Waals surface area contributed by atoms with Crippen molar-refractivity contribution < 1.29 is 14.4 Å². The summed E-state index contributed by atoms with van der Waals surface area (Å²) in [6.07, 6.45) is 0. The molecule has 0 aliphatic heterocycles. The van der Waals surface area contributed by atoms with E-state index >= 15 is 0 Å². The first-order chi connectivity index (χ1) is 15.4. The van der Waals surface area contributed by atoms with E-state index in [1.807, 2.05) is 30.3 Å². The highest BCUT2D eigenvalue weighted by molar-refractivity contribution is 6.02. The Morgan fingerprint density at radius 3 is 2.56 bits per heavy atom. The molecule has 0 spiro atoms. The lowest BCUT2D eigenvalue weighted by Crippen LogP contribution is -2.16. The zero-order valence-corrected chi connectivity index (χ0v) is 16.7. The molecule has 0 unspecified atom stereocenters. The van der Waals surface area contributed by atoms with Crippen molar-refractivity contribution in [3.05, 3.63) is 76.5 Å². The van der Waals surface area contributed by atoms with Gasteiger partial charge in [-0.1, -0.05) is 47.6 Å². The number of aromatic amines is 1. The average Bonchev–Trinajstić information content (AvgIpc) is 3.31. The van der Waals surface area contributed by atoms with Crippen molar-refractivity contribution in [1.82, 2.24) is 24.7 Å². The predicted molar refractivity (Wildman–Crippen MR) is 115 cm³/mol. The maximum Gasteiger partial charge on any atom is 0.332 e. The summed E-state index contributed by atoms with van der Waals surface area (Å²) in [5.74, 6) is -0.340. The van der Waals surface area contributed by atoms with Crippen LogP contribution in [-0.4, -0.2) is 35.7 Å². The third-order valence-electron chi connectivity index (χ3n) is 4.98. The molecule has 0 saturated carbocycles. The Kier molecular flexibility index (Phi) is 4.33. The van der Waals surface area contributed by atoms with Gasteiger partial charge in [-0.15, -0.1) is 0 Å². The number of phenolic OH excluding ortho intramolecular Hbond substituents is 1. The van der Waals surface area contributed by atoms with Crippen LogP contribution in [0.3, 0.4) is 0 Å². The maximum atomic E-state index is 13.0. The van der Waals surface area contributed by atoms with Crippen molar-refractivity contribution in [2.24, 2.45) is 5.73 Å². The molecular weight excluding hydrogens is 412 g/mol. The first-order valence-electron chi connectivity index (χ1n) is 9.58. The van der Waals surface area contributed by atoms with Gasteiger partial charge in [0.25, 0.3) is 5.91 Å². The largest absolute Gasteiger partial charge is 0.508 e. The molecule has 0 saturated heterocycles. The minimum Gasteiger partial charge on any atom is -0.508 e. The number of carbonyl (C=O) groups excluding carboxylic acids is 1. The second kappa shape index (κ2) is 7.20. The van der Waals surface area contributed by atoms with Crippen LogP contribution in [0.15, 0.2) is 63.9 Å². The van der Waals surface area contributed by atoms with E-state index in [4.69, 9.17) is 10.3 Å². The smallest absolute Gasteiger partial charge is 0.332 e. The van der Waals surface area contributed by atoms with Gasteiger partial charge in [-0.3, -0.25) is 4.79 Å². The van der Waals surface area contributed by atoms with Crippen LogP contribution in [0.4, 0.5) is 0 Å². The highest BCUT2D eigenvalue weighted by Gasteiger charge is 2.25. The fourth-order valence-electron chi connectivity index (χ4n) is 3.56. The molecule has 3 aromatic heterocycles. The molecule has 0 fully saturated rings. The summed E-state index contributed by atoms with van der Waals surface area (Å²) in [6, 6.07) is 15.4. The normalized spacial score (nSPS) is 11.2. The van der Waals surface area contributed by atoms with Crippen molar-refractivity contribution in [3.8, 4) is 34.1 Å². The molecule has 32 heavy (non-hydrogen) atoms. The second-order valence-corrected chi connectivity index (χ2v) is 7.08. The van der Waals surface area contributed by atoms with Crippen LogP contribution >= 0.6 is 0 Å². The maximum absolute atomic E-state index is 13.0. The van der Waals surface area contributed by atoms with Gasteiger partial charge in [0.2, 0.25) is 0 Å². The van der Waals surface area contributed by atoms with Gasteiger partial charge < -0.3 is 20.3 Å². The number of aryl methyl sites for hydroxylation is 1. The molecule has 0 atom stereocenters. The molecule has 4 N–H and O–H groups in total. The van der Waals surface area contributed by atoms with Crippen LogP contribution in [0.25, 0.3) is 39.5 Å². The molecule has 2 aromatic carbocycles. The number of carbonyl (C=O) groups is 1. The molecule has 10 nitrogen and oxygen atoms in total. The van der Waals surface area contributed by atoms with Gasteiger partial charge in [-0.25, -0.2) is 19.3 Å². The van der Waals surface area contributed by atoms with E-state index in [1.54, 1.807) is 19.1 Å². The van der Waals surface area contributed by atoms with Gasteiger partial charge in [-0.2, -0.15) is 0 Å². The number of nitrogens with zero attached hydrogens (tertiary/aromatic N) is 4. The van der Waals surface area contributed by atoms with Crippen molar-refractivity contribution in [1.29, 1.82) is 0 Å². The fraction of sp³-hybridized carbons (Fsp3) is 0.0455. The van der Waals surface area contributed by atoms with Crippen molar-refractivity contribution >= 4 is 17.1 Å². The van der Waals surface area contributed by atoms with Gasteiger partial charge >= 0.3 is 5.69 Å². The summed E-state index contributed by atoms with van der Waals surface area (Å²) < 4.78 is 6.68. The lowest BCUT2D eigenvalue weighted by atomic mass is 10.1. The van der Waals surface area contributed by atoms with E-state index < -0.39 is 11.6 Å². The molecule has 1 amide bonds. The number of fused-ring (bicyclic) bond motifs is 1. The molecule has 10 heteroatoms. The molecule has 158 valence electrons. The lowest BCUT2D eigenvalue weighted by Gasteiger charge is -2.07. The van der Waals surface area contributed by atoms with E-state index in [2.05, 4.69) is 20.1 Å². The molecule has 5 aromatic rings. The Labute approximate surface area is 180 Å². The quantitative estimate of drug-likeness (QED) is 0.397. The number of H-pyrrole nitrogens is 1. The molecule has 0 aliphatic rings. The van der Waals surface area contributed by atoms with Crippen LogP contribution in [0, 0.1) is 6.92 Å². The number of nitrogens with one attached hydrogen (secondary N) is 1. The summed E-state index contributed by atoms with van der Waals surface area (Å²) in [4.78, 5) is 36.5. The summed E-state index contributed by atoms with van der Waals surface area (Å²) in [6.45, 7) is 1.67. The van der Waals surface area contributed by atoms with Crippen molar-refractivity contribution in [2.75, 3.05) is 0 Å². The molecular formula is C22H16N6O4. The SMILES string of the molecule is Cc1onc(-c2ccccc2)c1-n1c(=O)[nH]c2c(C(N)=O)nc(-c3cccc(O)c3)nc21. The van der Waals surface area contributed by atoms with E-state index in [-0.39, 0.29) is 28.4 Å². The van der Waals surface area contributed by atoms with E-state index in [9.17, 15) is 14.7 Å². The third kappa shape index (κ3) is 3.01. The molecule has 0 aliphatic carbocycles. The fourth-order valence-corrected chi connectivity index (χ4v) is 3.56. The molecule has 0 bridgehead atoms. The Bertz CT molecular complexity index is 1550. The highest BCUT2D eigenvalue weighted by Crippen LogP contribution is 2.30. The van der Waals surface area contributed by atoms with Gasteiger partial charge in [0.1, 0.15) is 22.6 Å². The molecule has 5 rings (SSSR count). The lowest BCUT2D eigenvalue weighted by molar-refractivity contribution is 0.0997. The number of amides is 1. The Morgan fingerprint density at radius 1 is 1.09 bits per heavy atom. The Balaban J connectivity index is 1.85. The summed E-state index contributed by atoms with van der Waals surface area (Å²) in [5.41, 5.74) is 7.04. The van der Waals surface area contributed by atoms with Gasteiger partial charge in [0.15, 0.2) is 22.9 Å². The van der Waals surface area contributed by atoms with Gasteiger partial charge in [0.05, 0.1) is 0 Å². The standard InChI is InChI=1S/C22H16N6O4/c1-11-18(15(27-32-11)12-6-3-2-4-7-12)28-21-17(25-22(28)31)16(19(23)30)24-20(26-21)13-8-5-9-14(29)10-13/h2-10,29H,1H3,(H2,23,30)(H,25,31). The molecule has 0 radical (unpaired) electrons. The number of rotatable bonds is 4. The van der Waals surface area contributed by atoms with Crippen LogP contribution < -0.4 is 11.4 Å². The number of benzene rings is 2. The summed E-state index contributed by atoms with van der Waals surface area (Å²) in [7, 11) is 0. The first kappa shape index (κ1) is 19.2. The monoisotopic (exact) mass is 428 g/mol. The number of hydrogen-bond donors (Lipinski definition) is 3. The number of primary amides is 1. The number of imidazole rings is 1. The summed E-state index contributed by atoms with van der Waals surface area (Å²) >= 11 is 0. The average molecular weight is 428 g/mol. The Hall–Kier alpha value is -4.73. The number of phenols is 1. The summed E-state index contributed by atoms with van der Waals surface area (Å²) in [5, 5.41) is 14.0. The van der Waals surface area contributed by atoms with E-state index in [0.29, 0.717) is 22.7 Å². The van der Waals surface area contributed by atoms with Crippen LogP contribution in [0.5, 0.6) is 5.75 Å². The van der Waals surface area contributed by atoms with Crippen LogP contribution in [-0.2, 0) is 0 Å². The number of hydrogen-bond acceptors (Lipinski definition) is 7. The third-order valence-corrected chi connectivity index (χ3v) is 4.98. The Morgan fingerprint density at radius 2 is 1.84 bits per heavy atom. The zero-order chi connectivity index (χ0) is 22.4. The first-order valence-corrected chi connectivity index (χ1v) is 9.58. The molecule has 3 heterocycles. The van der Waals surface area contributed by atoms with Crippen LogP contribution in [0.2, 0.25) is 0 Å². The van der Waals surface area contributed by atoms with Crippen molar-refractivity contribution in [2.45, 2.75) is 6.92 Å². The van der Waals surface area contributed by atoms with Crippen molar-refractivity contribution in [3.63, 3.8) is 0 Å².